The number of hydrogen-bond acceptors (Lipinski definition) is 5. The Morgan fingerprint density at radius 1 is 1.26 bits per heavy atom. The molecule has 96 valence electrons. The molecule has 2 heterocycles. The molecular formula is C13H13N5O. The lowest BCUT2D eigenvalue weighted by Crippen LogP contribution is -1.90. The fourth-order valence-electron chi connectivity index (χ4n) is 1.84. The average molecular weight is 255 g/mol. The molecular weight excluding hydrogens is 242 g/mol. The summed E-state index contributed by atoms with van der Waals surface area (Å²) >= 11 is 0. The Hall–Kier alpha value is -2.63. The number of hydrogen-bond donors (Lipinski definition) is 1. The lowest BCUT2D eigenvalue weighted by molar-refractivity contribution is 0.432. The van der Waals surface area contributed by atoms with Crippen molar-refractivity contribution in [3.8, 4) is 23.0 Å². The highest BCUT2D eigenvalue weighted by atomic mass is 16.5. The van der Waals surface area contributed by atoms with E-state index in [4.69, 9.17) is 10.3 Å². The molecule has 0 radical (unpaired) electrons. The maximum absolute atomic E-state index is 5.78. The van der Waals surface area contributed by atoms with Gasteiger partial charge >= 0.3 is 0 Å². The molecule has 3 rings (SSSR count). The number of nitrogen functional groups attached to an aromatic ring is 1. The largest absolute Gasteiger partial charge is 0.399 e. The summed E-state index contributed by atoms with van der Waals surface area (Å²) in [5.74, 6) is 0.919. The van der Waals surface area contributed by atoms with Crippen molar-refractivity contribution in [1.29, 1.82) is 0 Å². The van der Waals surface area contributed by atoms with Gasteiger partial charge in [-0.15, -0.1) is 0 Å². The van der Waals surface area contributed by atoms with Crippen molar-refractivity contribution in [1.82, 2.24) is 19.9 Å². The Morgan fingerprint density at radius 3 is 2.84 bits per heavy atom. The molecule has 6 heteroatoms. The number of aromatic nitrogens is 4. The summed E-state index contributed by atoms with van der Waals surface area (Å²) < 4.78 is 6.98. The van der Waals surface area contributed by atoms with Crippen molar-refractivity contribution in [3.05, 3.63) is 36.0 Å². The summed E-state index contributed by atoms with van der Waals surface area (Å²) in [4.78, 5) is 4.36. The molecule has 0 aliphatic heterocycles. The molecule has 0 unspecified atom stereocenters. The monoisotopic (exact) mass is 255 g/mol. The molecule has 3 aromatic rings. The van der Waals surface area contributed by atoms with Crippen LogP contribution >= 0.6 is 0 Å². The first kappa shape index (κ1) is 11.5. The summed E-state index contributed by atoms with van der Waals surface area (Å²) in [5, 5.41) is 8.18. The standard InChI is InChI=1S/C13H13N5O/c1-8-3-4-9(14)7-10(8)13-15-12(17-19-13)11-5-6-18(2)16-11/h3-7H,14H2,1-2H3. The molecule has 6 nitrogen and oxygen atoms in total. The minimum absolute atomic E-state index is 0.449. The van der Waals surface area contributed by atoms with Crippen molar-refractivity contribution in [2.75, 3.05) is 5.73 Å². The van der Waals surface area contributed by atoms with Crippen molar-refractivity contribution < 1.29 is 4.52 Å². The third kappa shape index (κ3) is 2.08. The predicted octanol–water partition coefficient (Wildman–Crippen LogP) is 2.03. The van der Waals surface area contributed by atoms with E-state index in [2.05, 4.69) is 15.2 Å². The van der Waals surface area contributed by atoms with Crippen LogP contribution in [0.3, 0.4) is 0 Å². The lowest BCUT2D eigenvalue weighted by atomic mass is 10.1. The summed E-state index contributed by atoms with van der Waals surface area (Å²) in [6, 6.07) is 7.43. The van der Waals surface area contributed by atoms with Crippen molar-refractivity contribution >= 4 is 5.69 Å². The van der Waals surface area contributed by atoms with Crippen LogP contribution in [0, 0.1) is 6.92 Å². The van der Waals surface area contributed by atoms with Gasteiger partial charge in [0.1, 0.15) is 5.69 Å². The quantitative estimate of drug-likeness (QED) is 0.708. The van der Waals surface area contributed by atoms with E-state index in [1.54, 1.807) is 4.68 Å². The molecule has 0 aliphatic carbocycles. The molecule has 0 saturated carbocycles. The fraction of sp³-hybridized carbons (Fsp3) is 0.154. The van der Waals surface area contributed by atoms with Crippen LogP contribution in [0.5, 0.6) is 0 Å². The van der Waals surface area contributed by atoms with Gasteiger partial charge in [0.25, 0.3) is 5.89 Å². The Balaban J connectivity index is 2.03. The van der Waals surface area contributed by atoms with Crippen LogP contribution < -0.4 is 5.73 Å². The van der Waals surface area contributed by atoms with E-state index in [0.717, 1.165) is 11.1 Å². The van der Waals surface area contributed by atoms with Crippen molar-refractivity contribution in [2.24, 2.45) is 7.05 Å². The second-order valence-corrected chi connectivity index (χ2v) is 4.37. The summed E-state index contributed by atoms with van der Waals surface area (Å²) in [7, 11) is 1.84. The third-order valence-electron chi connectivity index (χ3n) is 2.86. The first-order valence-electron chi connectivity index (χ1n) is 5.84. The third-order valence-corrected chi connectivity index (χ3v) is 2.86. The van der Waals surface area contributed by atoms with Crippen LogP contribution in [0.25, 0.3) is 23.0 Å². The van der Waals surface area contributed by atoms with Gasteiger partial charge in [-0.25, -0.2) is 0 Å². The van der Waals surface area contributed by atoms with Gasteiger partial charge < -0.3 is 10.3 Å². The normalized spacial score (nSPS) is 10.8. The van der Waals surface area contributed by atoms with E-state index in [0.29, 0.717) is 23.1 Å². The highest BCUT2D eigenvalue weighted by Gasteiger charge is 2.14. The van der Waals surface area contributed by atoms with Gasteiger partial charge in [0.05, 0.1) is 0 Å². The van der Waals surface area contributed by atoms with Crippen LogP contribution in [0.1, 0.15) is 5.56 Å². The first-order chi connectivity index (χ1) is 9.13. The zero-order valence-electron chi connectivity index (χ0n) is 10.7. The van der Waals surface area contributed by atoms with Gasteiger partial charge in [-0.05, 0) is 30.7 Å². The second-order valence-electron chi connectivity index (χ2n) is 4.37. The van der Waals surface area contributed by atoms with E-state index >= 15 is 0 Å². The number of benzene rings is 1. The SMILES string of the molecule is Cc1ccc(N)cc1-c1nc(-c2ccn(C)n2)no1. The molecule has 2 N–H and O–H groups in total. The minimum Gasteiger partial charge on any atom is -0.399 e. The van der Waals surface area contributed by atoms with Crippen LogP contribution in [0.4, 0.5) is 5.69 Å². The molecule has 0 aliphatic rings. The van der Waals surface area contributed by atoms with Gasteiger partial charge in [-0.3, -0.25) is 4.68 Å². The molecule has 0 bridgehead atoms. The predicted molar refractivity (Wildman–Crippen MR) is 71.1 cm³/mol. The van der Waals surface area contributed by atoms with Crippen molar-refractivity contribution in [2.45, 2.75) is 6.92 Å². The van der Waals surface area contributed by atoms with E-state index in [1.807, 2.05) is 44.4 Å². The van der Waals surface area contributed by atoms with Crippen LogP contribution in [0.15, 0.2) is 35.0 Å². The van der Waals surface area contributed by atoms with Gasteiger partial charge in [-0.1, -0.05) is 11.2 Å². The highest BCUT2D eigenvalue weighted by Crippen LogP contribution is 2.25. The smallest absolute Gasteiger partial charge is 0.258 e. The Kier molecular flexibility index (Phi) is 2.56. The van der Waals surface area contributed by atoms with Crippen LogP contribution in [-0.4, -0.2) is 19.9 Å². The maximum Gasteiger partial charge on any atom is 0.258 e. The summed E-state index contributed by atoms with van der Waals surface area (Å²) in [6.45, 7) is 1.97. The Morgan fingerprint density at radius 2 is 2.11 bits per heavy atom. The van der Waals surface area contributed by atoms with Gasteiger partial charge in [-0.2, -0.15) is 10.1 Å². The molecule has 0 spiro atoms. The average Bonchev–Trinajstić information content (AvgIpc) is 3.00. The molecule has 0 amide bonds. The van der Waals surface area contributed by atoms with E-state index in [1.165, 1.54) is 0 Å². The first-order valence-corrected chi connectivity index (χ1v) is 5.84. The van der Waals surface area contributed by atoms with E-state index in [-0.39, 0.29) is 0 Å². The molecule has 0 atom stereocenters. The van der Waals surface area contributed by atoms with Gasteiger partial charge in [0.15, 0.2) is 0 Å². The fourth-order valence-corrected chi connectivity index (χ4v) is 1.84. The topological polar surface area (TPSA) is 82.8 Å². The number of rotatable bonds is 2. The van der Waals surface area contributed by atoms with E-state index in [9.17, 15) is 0 Å². The number of aryl methyl sites for hydroxylation is 2. The Bertz CT molecular complexity index is 728. The zero-order valence-corrected chi connectivity index (χ0v) is 10.7. The molecule has 0 saturated heterocycles. The zero-order chi connectivity index (χ0) is 13.4. The second kappa shape index (κ2) is 4.24. The highest BCUT2D eigenvalue weighted by molar-refractivity contribution is 5.65. The van der Waals surface area contributed by atoms with Gasteiger partial charge in [0.2, 0.25) is 5.82 Å². The van der Waals surface area contributed by atoms with Gasteiger partial charge in [0, 0.05) is 24.5 Å². The summed E-state index contributed by atoms with van der Waals surface area (Å²) in [5.41, 5.74) is 9.00. The molecule has 2 aromatic heterocycles. The molecule has 1 aromatic carbocycles. The van der Waals surface area contributed by atoms with Crippen molar-refractivity contribution in [3.63, 3.8) is 0 Å². The Labute approximate surface area is 109 Å². The number of nitrogens with two attached hydrogens (primary N) is 1. The minimum atomic E-state index is 0.449. The number of nitrogens with zero attached hydrogens (tertiary/aromatic N) is 4. The molecule has 19 heavy (non-hydrogen) atoms. The van der Waals surface area contributed by atoms with Crippen LogP contribution in [-0.2, 0) is 7.05 Å². The number of anilines is 1. The molecule has 0 fully saturated rings. The summed E-state index contributed by atoms with van der Waals surface area (Å²) in [6.07, 6.45) is 1.83. The maximum atomic E-state index is 5.78. The van der Waals surface area contributed by atoms with E-state index < -0.39 is 0 Å². The van der Waals surface area contributed by atoms with Crippen LogP contribution in [0.2, 0.25) is 0 Å². The lowest BCUT2D eigenvalue weighted by Gasteiger charge is -2.01.